The van der Waals surface area contributed by atoms with Crippen molar-refractivity contribution in [3.8, 4) is 0 Å². The van der Waals surface area contributed by atoms with Gasteiger partial charge in [0.25, 0.3) is 0 Å². The molecule has 1 aromatic rings. The highest BCUT2D eigenvalue weighted by molar-refractivity contribution is 5.43. The zero-order valence-electron chi connectivity index (χ0n) is 7.07. The molecule has 0 atom stereocenters. The summed E-state index contributed by atoms with van der Waals surface area (Å²) < 4.78 is 0. The maximum atomic E-state index is 8.46. The fourth-order valence-electron chi connectivity index (χ4n) is 0.847. The highest BCUT2D eigenvalue weighted by Crippen LogP contribution is 2.16. The van der Waals surface area contributed by atoms with E-state index in [2.05, 4.69) is 10.2 Å². The fourth-order valence-corrected chi connectivity index (χ4v) is 0.847. The van der Waals surface area contributed by atoms with Crippen molar-refractivity contribution < 1.29 is 5.11 Å². The van der Waals surface area contributed by atoms with Crippen molar-refractivity contribution in [1.82, 2.24) is 0 Å². The van der Waals surface area contributed by atoms with Gasteiger partial charge < -0.3 is 5.11 Å². The molecule has 0 aromatic heterocycles. The Morgan fingerprint density at radius 3 is 2.75 bits per heavy atom. The standard InChI is InChI=1S/C9H12N2O/c1-8-4-2-3-5-9(8)11-10-6-7-12/h2-5,12H,6-7H2,1H3. The number of nitrogens with zero attached hydrogens (tertiary/aromatic N) is 2. The third-order valence-electron chi connectivity index (χ3n) is 1.49. The molecule has 0 aliphatic rings. The van der Waals surface area contributed by atoms with Gasteiger partial charge >= 0.3 is 0 Å². The highest BCUT2D eigenvalue weighted by Gasteiger charge is 1.91. The molecule has 0 bridgehead atoms. The molecule has 12 heavy (non-hydrogen) atoms. The summed E-state index contributed by atoms with van der Waals surface area (Å²) in [5.41, 5.74) is 1.96. The maximum absolute atomic E-state index is 8.46. The molecular weight excluding hydrogens is 152 g/mol. The van der Waals surface area contributed by atoms with Gasteiger partial charge in [-0.25, -0.2) is 0 Å². The van der Waals surface area contributed by atoms with Crippen LogP contribution in [0.2, 0.25) is 0 Å². The number of aryl methyl sites for hydroxylation is 1. The summed E-state index contributed by atoms with van der Waals surface area (Å²) in [5, 5.41) is 16.2. The van der Waals surface area contributed by atoms with Crippen LogP contribution in [-0.2, 0) is 0 Å². The number of benzene rings is 1. The summed E-state index contributed by atoms with van der Waals surface area (Å²) in [6, 6.07) is 7.75. The minimum Gasteiger partial charge on any atom is -0.394 e. The number of hydrogen-bond acceptors (Lipinski definition) is 3. The Kier molecular flexibility index (Phi) is 3.41. The second-order valence-electron chi connectivity index (χ2n) is 2.48. The molecule has 1 N–H and O–H groups in total. The van der Waals surface area contributed by atoms with E-state index in [1.165, 1.54) is 0 Å². The second kappa shape index (κ2) is 4.62. The van der Waals surface area contributed by atoms with E-state index < -0.39 is 0 Å². The molecule has 0 heterocycles. The molecule has 64 valence electrons. The first-order chi connectivity index (χ1) is 5.84. The molecule has 0 saturated carbocycles. The van der Waals surface area contributed by atoms with Crippen LogP contribution in [0.4, 0.5) is 5.69 Å². The van der Waals surface area contributed by atoms with E-state index in [1.807, 2.05) is 31.2 Å². The molecular formula is C9H12N2O. The summed E-state index contributed by atoms with van der Waals surface area (Å²) in [6.07, 6.45) is 0. The van der Waals surface area contributed by atoms with Gasteiger partial charge in [0.1, 0.15) is 0 Å². The Balaban J connectivity index is 2.68. The first kappa shape index (κ1) is 8.87. The first-order valence-corrected chi connectivity index (χ1v) is 3.88. The van der Waals surface area contributed by atoms with E-state index in [4.69, 9.17) is 5.11 Å². The molecule has 0 amide bonds. The van der Waals surface area contributed by atoms with Crippen LogP contribution in [0.1, 0.15) is 5.56 Å². The monoisotopic (exact) mass is 164 g/mol. The van der Waals surface area contributed by atoms with Crippen LogP contribution in [0.15, 0.2) is 34.5 Å². The van der Waals surface area contributed by atoms with Gasteiger partial charge in [-0.05, 0) is 18.6 Å². The number of azo groups is 1. The molecule has 0 saturated heterocycles. The summed E-state index contributed by atoms with van der Waals surface area (Å²) in [7, 11) is 0. The lowest BCUT2D eigenvalue weighted by Crippen LogP contribution is -1.84. The lowest BCUT2D eigenvalue weighted by Gasteiger charge is -1.95. The Bertz CT molecular complexity index is 271. The first-order valence-electron chi connectivity index (χ1n) is 3.88. The number of hydrogen-bond donors (Lipinski definition) is 1. The number of aliphatic hydroxyl groups excluding tert-OH is 1. The smallest absolute Gasteiger partial charge is 0.0881 e. The van der Waals surface area contributed by atoms with Gasteiger partial charge in [-0.3, -0.25) is 0 Å². The van der Waals surface area contributed by atoms with Crippen LogP contribution in [0.3, 0.4) is 0 Å². The lowest BCUT2D eigenvalue weighted by atomic mass is 10.2. The van der Waals surface area contributed by atoms with Crippen LogP contribution >= 0.6 is 0 Å². The molecule has 0 aliphatic carbocycles. The van der Waals surface area contributed by atoms with Crippen LogP contribution in [-0.4, -0.2) is 18.3 Å². The van der Waals surface area contributed by atoms with E-state index in [9.17, 15) is 0 Å². The van der Waals surface area contributed by atoms with E-state index in [1.54, 1.807) is 0 Å². The second-order valence-corrected chi connectivity index (χ2v) is 2.48. The lowest BCUT2D eigenvalue weighted by molar-refractivity contribution is 0.305. The maximum Gasteiger partial charge on any atom is 0.0881 e. The normalized spacial score (nSPS) is 10.8. The quantitative estimate of drug-likeness (QED) is 0.683. The summed E-state index contributed by atoms with van der Waals surface area (Å²) in [5.74, 6) is 0. The molecule has 0 unspecified atom stereocenters. The van der Waals surface area contributed by atoms with Crippen LogP contribution in [0.25, 0.3) is 0 Å². The number of aliphatic hydroxyl groups is 1. The molecule has 1 aromatic carbocycles. The third-order valence-corrected chi connectivity index (χ3v) is 1.49. The summed E-state index contributed by atoms with van der Waals surface area (Å²) >= 11 is 0. The van der Waals surface area contributed by atoms with Crippen LogP contribution in [0.5, 0.6) is 0 Å². The van der Waals surface area contributed by atoms with Gasteiger partial charge in [0.05, 0.1) is 18.8 Å². The van der Waals surface area contributed by atoms with Gasteiger partial charge in [0.2, 0.25) is 0 Å². The van der Waals surface area contributed by atoms with Crippen molar-refractivity contribution >= 4 is 5.69 Å². The van der Waals surface area contributed by atoms with Gasteiger partial charge in [0.15, 0.2) is 0 Å². The molecule has 0 radical (unpaired) electrons. The van der Waals surface area contributed by atoms with Crippen molar-refractivity contribution in [3.05, 3.63) is 29.8 Å². The Labute approximate surface area is 71.8 Å². The van der Waals surface area contributed by atoms with Gasteiger partial charge in [0, 0.05) is 0 Å². The average molecular weight is 164 g/mol. The molecule has 1 rings (SSSR count). The zero-order valence-corrected chi connectivity index (χ0v) is 7.07. The molecule has 0 fully saturated rings. The van der Waals surface area contributed by atoms with Crippen molar-refractivity contribution in [3.63, 3.8) is 0 Å². The minimum atomic E-state index is 0.0510. The minimum absolute atomic E-state index is 0.0510. The highest BCUT2D eigenvalue weighted by atomic mass is 16.3. The van der Waals surface area contributed by atoms with Crippen molar-refractivity contribution in [2.45, 2.75) is 6.92 Å². The van der Waals surface area contributed by atoms with E-state index >= 15 is 0 Å². The third kappa shape index (κ3) is 2.43. The SMILES string of the molecule is Cc1ccccc1N=NCCO. The van der Waals surface area contributed by atoms with Crippen LogP contribution in [0, 0.1) is 6.92 Å². The summed E-state index contributed by atoms with van der Waals surface area (Å²) in [4.78, 5) is 0. The topological polar surface area (TPSA) is 45.0 Å². The van der Waals surface area contributed by atoms with E-state index in [0.717, 1.165) is 11.3 Å². The average Bonchev–Trinajstić information content (AvgIpc) is 2.09. The molecule has 3 heteroatoms. The predicted octanol–water partition coefficient (Wildman–Crippen LogP) is 2.07. The molecule has 0 aliphatic heterocycles. The van der Waals surface area contributed by atoms with Crippen molar-refractivity contribution in [2.24, 2.45) is 10.2 Å². The van der Waals surface area contributed by atoms with E-state index in [-0.39, 0.29) is 6.61 Å². The molecule has 0 spiro atoms. The Hall–Kier alpha value is -1.22. The van der Waals surface area contributed by atoms with Crippen molar-refractivity contribution in [2.75, 3.05) is 13.2 Å². The predicted molar refractivity (Wildman–Crippen MR) is 47.6 cm³/mol. The zero-order chi connectivity index (χ0) is 8.81. The van der Waals surface area contributed by atoms with Crippen molar-refractivity contribution in [1.29, 1.82) is 0 Å². The fraction of sp³-hybridized carbons (Fsp3) is 0.333. The van der Waals surface area contributed by atoms with Crippen LogP contribution < -0.4 is 0 Å². The molecule has 3 nitrogen and oxygen atoms in total. The van der Waals surface area contributed by atoms with Gasteiger partial charge in [-0.2, -0.15) is 10.2 Å². The summed E-state index contributed by atoms with van der Waals surface area (Å²) in [6.45, 7) is 2.40. The van der Waals surface area contributed by atoms with E-state index in [0.29, 0.717) is 6.54 Å². The van der Waals surface area contributed by atoms with Gasteiger partial charge in [-0.15, -0.1) is 0 Å². The Morgan fingerprint density at radius 2 is 2.08 bits per heavy atom. The largest absolute Gasteiger partial charge is 0.394 e. The Morgan fingerprint density at radius 1 is 1.33 bits per heavy atom. The number of rotatable bonds is 3. The van der Waals surface area contributed by atoms with Gasteiger partial charge in [-0.1, -0.05) is 18.2 Å².